The van der Waals surface area contributed by atoms with Crippen LogP contribution in [0.5, 0.6) is 0 Å². The van der Waals surface area contributed by atoms with E-state index in [1.807, 2.05) is 6.08 Å². The number of unbranched alkanes of at least 4 members (excludes halogenated alkanes) is 11. The van der Waals surface area contributed by atoms with Crippen LogP contribution >= 0.6 is 0 Å². The zero-order valence-electron chi connectivity index (χ0n) is 32.3. The number of hydrogen-bond acceptors (Lipinski definition) is 8. The smallest absolute Gasteiger partial charge is 0.220 e. The van der Waals surface area contributed by atoms with Crippen LogP contribution in [0.3, 0.4) is 0 Å². The van der Waals surface area contributed by atoms with Gasteiger partial charge in [-0.15, -0.1) is 0 Å². The Balaban J connectivity index is 2.51. The van der Waals surface area contributed by atoms with Crippen molar-refractivity contribution in [2.75, 3.05) is 13.2 Å². The average molecular weight is 732 g/mol. The maximum Gasteiger partial charge on any atom is 0.220 e. The molecule has 1 fully saturated rings. The maximum atomic E-state index is 12.9. The summed E-state index contributed by atoms with van der Waals surface area (Å²) < 4.78 is 11.1. The summed E-state index contributed by atoms with van der Waals surface area (Å²) in [6, 6.07) is -0.844. The summed E-state index contributed by atoms with van der Waals surface area (Å²) >= 11 is 0. The molecule has 1 aliphatic heterocycles. The van der Waals surface area contributed by atoms with Crippen LogP contribution in [0.2, 0.25) is 0 Å². The predicted octanol–water partition coefficient (Wildman–Crippen LogP) is 7.44. The maximum absolute atomic E-state index is 12.9. The molecule has 1 saturated heterocycles. The molecule has 7 unspecified atom stereocenters. The Bertz CT molecular complexity index is 1040. The first-order valence-corrected chi connectivity index (χ1v) is 20.2. The number of ether oxygens (including phenoxy) is 2. The first-order chi connectivity index (χ1) is 25.3. The van der Waals surface area contributed by atoms with Crippen LogP contribution in [0.15, 0.2) is 72.9 Å². The molecule has 1 amide bonds. The van der Waals surface area contributed by atoms with E-state index in [1.54, 1.807) is 6.08 Å². The predicted molar refractivity (Wildman–Crippen MR) is 212 cm³/mol. The number of amides is 1. The fourth-order valence-corrected chi connectivity index (χ4v) is 5.75. The number of aliphatic hydroxyl groups excluding tert-OH is 5. The molecule has 0 aromatic heterocycles. The summed E-state index contributed by atoms with van der Waals surface area (Å²) in [4.78, 5) is 12.9. The van der Waals surface area contributed by atoms with Crippen LogP contribution in [0.25, 0.3) is 0 Å². The first kappa shape index (κ1) is 47.7. The second-order valence-corrected chi connectivity index (χ2v) is 13.7. The van der Waals surface area contributed by atoms with Crippen molar-refractivity contribution >= 4 is 5.91 Å². The van der Waals surface area contributed by atoms with Crippen LogP contribution in [0.1, 0.15) is 136 Å². The standard InChI is InChI=1S/C43H73NO8/c1-3-5-7-9-11-13-15-17-19-21-23-25-27-29-31-33-39(47)44-36(35-51-43-42(50)41(49)40(48)38(34-45)52-43)37(46)32-30-28-26-24-22-20-18-16-14-12-10-8-6-4-2/h5,7,11,13,17,19,22-25,30,32,36-38,40-43,45-46,48-50H,3-4,6,8-10,12,14-16,18,20-21,26-29,31,33-35H2,1-2H3,(H,44,47)/b7-5-,13-11-,19-17-,24-22+,25-23-,32-30+. The molecule has 9 nitrogen and oxygen atoms in total. The highest BCUT2D eigenvalue weighted by Gasteiger charge is 2.44. The Morgan fingerprint density at radius 2 is 1.21 bits per heavy atom. The number of aliphatic hydroxyl groups is 5. The summed E-state index contributed by atoms with van der Waals surface area (Å²) in [6.07, 6.45) is 36.6. The van der Waals surface area contributed by atoms with Gasteiger partial charge in [0.2, 0.25) is 5.91 Å². The van der Waals surface area contributed by atoms with Crippen molar-refractivity contribution in [3.05, 3.63) is 72.9 Å². The minimum atomic E-state index is -1.58. The van der Waals surface area contributed by atoms with Gasteiger partial charge in [-0.1, -0.05) is 132 Å². The largest absolute Gasteiger partial charge is 0.394 e. The van der Waals surface area contributed by atoms with Crippen molar-refractivity contribution in [1.29, 1.82) is 0 Å². The Labute approximate surface area is 315 Å². The van der Waals surface area contributed by atoms with Crippen molar-refractivity contribution in [1.82, 2.24) is 5.32 Å². The molecule has 0 bridgehead atoms. The monoisotopic (exact) mass is 732 g/mol. The fourth-order valence-electron chi connectivity index (χ4n) is 5.75. The van der Waals surface area contributed by atoms with Crippen molar-refractivity contribution in [3.8, 4) is 0 Å². The molecule has 0 radical (unpaired) electrons. The van der Waals surface area contributed by atoms with E-state index in [0.717, 1.165) is 57.8 Å². The van der Waals surface area contributed by atoms with E-state index in [4.69, 9.17) is 9.47 Å². The van der Waals surface area contributed by atoms with E-state index in [9.17, 15) is 30.3 Å². The fraction of sp³-hybridized carbons (Fsp3) is 0.698. The van der Waals surface area contributed by atoms with Gasteiger partial charge in [-0.25, -0.2) is 0 Å². The molecule has 9 heteroatoms. The normalized spacial score (nSPS) is 22.6. The molecule has 0 saturated carbocycles. The lowest BCUT2D eigenvalue weighted by Crippen LogP contribution is -2.60. The van der Waals surface area contributed by atoms with E-state index in [2.05, 4.69) is 79.9 Å². The third-order valence-corrected chi connectivity index (χ3v) is 9.01. The second kappa shape index (κ2) is 33.2. The minimum Gasteiger partial charge on any atom is -0.394 e. The molecule has 298 valence electrons. The highest BCUT2D eigenvalue weighted by atomic mass is 16.7. The van der Waals surface area contributed by atoms with Crippen LogP contribution in [0.4, 0.5) is 0 Å². The molecule has 7 atom stereocenters. The van der Waals surface area contributed by atoms with E-state index < -0.39 is 49.5 Å². The van der Waals surface area contributed by atoms with E-state index >= 15 is 0 Å². The third-order valence-electron chi connectivity index (χ3n) is 9.01. The van der Waals surface area contributed by atoms with Gasteiger partial charge in [-0.2, -0.15) is 0 Å². The number of rotatable bonds is 31. The molecule has 0 aromatic rings. The van der Waals surface area contributed by atoms with Crippen LogP contribution in [-0.2, 0) is 14.3 Å². The van der Waals surface area contributed by atoms with Gasteiger partial charge in [-0.3, -0.25) is 4.79 Å². The average Bonchev–Trinajstić information content (AvgIpc) is 3.14. The van der Waals surface area contributed by atoms with Gasteiger partial charge in [0.15, 0.2) is 6.29 Å². The minimum absolute atomic E-state index is 0.222. The van der Waals surface area contributed by atoms with E-state index in [1.165, 1.54) is 51.4 Å². The van der Waals surface area contributed by atoms with Crippen LogP contribution < -0.4 is 5.32 Å². The Kier molecular flexibility index (Phi) is 30.4. The number of carbonyl (C=O) groups excluding carboxylic acids is 1. The first-order valence-electron chi connectivity index (χ1n) is 20.2. The molecule has 1 rings (SSSR count). The van der Waals surface area contributed by atoms with E-state index in [0.29, 0.717) is 6.42 Å². The lowest BCUT2D eigenvalue weighted by Gasteiger charge is -2.40. The SMILES string of the molecule is CC/C=C\C/C=C\C/C=C\C/C=C\CCCCC(=O)NC(COC1OC(CO)C(O)C(O)C1O)C(O)/C=C/CC/C=C/CCCCCCCCCC. The van der Waals surface area contributed by atoms with Gasteiger partial charge in [0.05, 0.1) is 25.4 Å². The highest BCUT2D eigenvalue weighted by molar-refractivity contribution is 5.76. The molecule has 6 N–H and O–H groups in total. The molecule has 0 aromatic carbocycles. The molecule has 0 aliphatic carbocycles. The van der Waals surface area contributed by atoms with Gasteiger partial charge in [0.25, 0.3) is 0 Å². The van der Waals surface area contributed by atoms with Gasteiger partial charge >= 0.3 is 0 Å². The number of carbonyl (C=O) groups is 1. The molecule has 1 aliphatic rings. The molecular formula is C43H73NO8. The quantitative estimate of drug-likeness (QED) is 0.0319. The summed E-state index contributed by atoms with van der Waals surface area (Å²) in [5.41, 5.74) is 0. The van der Waals surface area contributed by atoms with Gasteiger partial charge in [-0.05, 0) is 70.6 Å². The molecular weight excluding hydrogens is 658 g/mol. The zero-order chi connectivity index (χ0) is 38.1. The van der Waals surface area contributed by atoms with Crippen LogP contribution in [-0.4, -0.2) is 87.5 Å². The van der Waals surface area contributed by atoms with Gasteiger partial charge in [0, 0.05) is 6.42 Å². The molecule has 52 heavy (non-hydrogen) atoms. The Morgan fingerprint density at radius 3 is 1.85 bits per heavy atom. The van der Waals surface area contributed by atoms with E-state index in [-0.39, 0.29) is 18.9 Å². The number of hydrogen-bond donors (Lipinski definition) is 6. The second-order valence-electron chi connectivity index (χ2n) is 13.7. The summed E-state index contributed by atoms with van der Waals surface area (Å²) in [6.45, 7) is 3.57. The summed E-state index contributed by atoms with van der Waals surface area (Å²) in [5.74, 6) is -0.233. The lowest BCUT2D eigenvalue weighted by atomic mass is 9.99. The van der Waals surface area contributed by atoms with Gasteiger partial charge < -0.3 is 40.3 Å². The Hall–Kier alpha value is -2.37. The topological polar surface area (TPSA) is 149 Å². The summed E-state index contributed by atoms with van der Waals surface area (Å²) in [7, 11) is 0. The van der Waals surface area contributed by atoms with Crippen molar-refractivity contribution < 1.29 is 39.8 Å². The van der Waals surface area contributed by atoms with Gasteiger partial charge in [0.1, 0.15) is 24.4 Å². The third kappa shape index (κ3) is 24.0. The number of allylic oxidation sites excluding steroid dienone is 11. The number of nitrogens with one attached hydrogen (secondary N) is 1. The summed E-state index contributed by atoms with van der Waals surface area (Å²) in [5, 5.41) is 53.9. The molecule has 0 spiro atoms. The lowest BCUT2D eigenvalue weighted by molar-refractivity contribution is -0.302. The van der Waals surface area contributed by atoms with Crippen molar-refractivity contribution in [2.24, 2.45) is 0 Å². The molecule has 1 heterocycles. The van der Waals surface area contributed by atoms with Crippen molar-refractivity contribution in [3.63, 3.8) is 0 Å². The zero-order valence-corrected chi connectivity index (χ0v) is 32.3. The van der Waals surface area contributed by atoms with Crippen molar-refractivity contribution in [2.45, 2.75) is 179 Å². The Morgan fingerprint density at radius 1 is 0.673 bits per heavy atom. The van der Waals surface area contributed by atoms with Crippen LogP contribution in [0, 0.1) is 0 Å². The highest BCUT2D eigenvalue weighted by Crippen LogP contribution is 2.22.